The number of carbonyl (C=O) groups is 1. The third-order valence-corrected chi connectivity index (χ3v) is 8.91. The summed E-state index contributed by atoms with van der Waals surface area (Å²) in [6.45, 7) is 19.2. The third kappa shape index (κ3) is 10.2. The number of aliphatic hydroxyl groups is 1. The standard InChI is InChI=1S/C29H28N3O.C13H24O2.Ir/c1-18(2)12-21-10-11-27-26(32-21)16-28(33-27)25-15-24(30-17-31-25)20-13-19-8-6-7-9-22(19)23(14-20)29(3,4)5;1-5-10(6-2)12(14)9-13(15)11(7-3)8-4;/h6-11,14-18H,12H2,1-5H3;9-11,14H,5-8H2,1-4H3;/q-1;;/b;12-9-;. The number of hydrogen-bond acceptors (Lipinski definition) is 6. The van der Waals surface area contributed by atoms with E-state index < -0.39 is 0 Å². The number of rotatable bonds is 11. The average Bonchev–Trinajstić information content (AvgIpc) is 3.49. The Balaban J connectivity index is 0.000000347. The minimum atomic E-state index is -0.00257. The first-order valence-corrected chi connectivity index (χ1v) is 17.5. The summed E-state index contributed by atoms with van der Waals surface area (Å²) in [4.78, 5) is 25.5. The first kappa shape index (κ1) is 39.8. The van der Waals surface area contributed by atoms with Crippen molar-refractivity contribution in [2.24, 2.45) is 17.8 Å². The number of furan rings is 1. The number of pyridine rings is 1. The van der Waals surface area contributed by atoms with Crippen LogP contribution in [0.3, 0.4) is 0 Å². The van der Waals surface area contributed by atoms with Gasteiger partial charge in [-0.2, -0.15) is 0 Å². The molecule has 0 aliphatic rings. The molecule has 3 heterocycles. The minimum Gasteiger partial charge on any atom is -0.512 e. The average molecular weight is 839 g/mol. The van der Waals surface area contributed by atoms with Gasteiger partial charge in [0.1, 0.15) is 17.5 Å². The molecule has 0 bridgehead atoms. The number of ketones is 1. The number of aliphatic hydroxyl groups excluding tert-OH is 1. The predicted molar refractivity (Wildman–Crippen MR) is 198 cm³/mol. The zero-order valence-electron chi connectivity index (χ0n) is 30.6. The van der Waals surface area contributed by atoms with Crippen molar-refractivity contribution < 1.29 is 34.4 Å². The molecule has 3 aromatic heterocycles. The molecule has 263 valence electrons. The molecular formula is C42H52IrN3O3-. The quantitative estimate of drug-likeness (QED) is 0.0810. The molecule has 5 aromatic rings. The van der Waals surface area contributed by atoms with Crippen LogP contribution < -0.4 is 0 Å². The van der Waals surface area contributed by atoms with Crippen molar-refractivity contribution in [2.75, 3.05) is 0 Å². The maximum atomic E-state index is 11.7. The second-order valence-electron chi connectivity index (χ2n) is 14.1. The zero-order chi connectivity index (χ0) is 35.0. The monoisotopic (exact) mass is 839 g/mol. The second kappa shape index (κ2) is 17.8. The van der Waals surface area contributed by atoms with Gasteiger partial charge >= 0.3 is 0 Å². The molecule has 5 rings (SSSR count). The summed E-state index contributed by atoms with van der Waals surface area (Å²) in [7, 11) is 0. The van der Waals surface area contributed by atoms with Gasteiger partial charge in [0.05, 0.1) is 5.76 Å². The molecule has 49 heavy (non-hydrogen) atoms. The van der Waals surface area contributed by atoms with Crippen molar-refractivity contribution in [3.05, 3.63) is 90.1 Å². The Morgan fingerprint density at radius 3 is 2.18 bits per heavy atom. The maximum Gasteiger partial charge on any atom is 0.162 e. The van der Waals surface area contributed by atoms with Gasteiger partial charge in [0.25, 0.3) is 0 Å². The van der Waals surface area contributed by atoms with Crippen molar-refractivity contribution >= 4 is 27.7 Å². The molecule has 0 amide bonds. The first-order valence-electron chi connectivity index (χ1n) is 17.5. The molecule has 1 N–H and O–H groups in total. The van der Waals surface area contributed by atoms with Crippen molar-refractivity contribution in [2.45, 2.75) is 99.8 Å². The van der Waals surface area contributed by atoms with Gasteiger partial charge in [0.15, 0.2) is 17.1 Å². The molecule has 1 radical (unpaired) electrons. The Morgan fingerprint density at radius 1 is 0.898 bits per heavy atom. The number of hydrogen-bond donors (Lipinski definition) is 1. The van der Waals surface area contributed by atoms with Crippen molar-refractivity contribution in [1.82, 2.24) is 15.0 Å². The largest absolute Gasteiger partial charge is 0.512 e. The Labute approximate surface area is 306 Å². The zero-order valence-corrected chi connectivity index (χ0v) is 33.0. The molecule has 0 aliphatic heterocycles. The molecule has 0 unspecified atom stereocenters. The molecule has 0 saturated carbocycles. The topological polar surface area (TPSA) is 89.1 Å². The fourth-order valence-corrected chi connectivity index (χ4v) is 6.03. The van der Waals surface area contributed by atoms with Crippen LogP contribution in [0.25, 0.3) is 44.6 Å². The predicted octanol–water partition coefficient (Wildman–Crippen LogP) is 11.3. The molecule has 0 saturated heterocycles. The summed E-state index contributed by atoms with van der Waals surface area (Å²) >= 11 is 0. The van der Waals surface area contributed by atoms with Crippen LogP contribution in [0, 0.1) is 23.8 Å². The van der Waals surface area contributed by atoms with E-state index in [1.54, 1.807) is 6.33 Å². The summed E-state index contributed by atoms with van der Waals surface area (Å²) in [5.41, 5.74) is 6.49. The molecule has 2 aromatic carbocycles. The number of fused-ring (bicyclic) bond motifs is 2. The second-order valence-corrected chi connectivity index (χ2v) is 14.1. The third-order valence-electron chi connectivity index (χ3n) is 8.91. The number of carbonyl (C=O) groups excluding carboxylic acids is 1. The van der Waals surface area contributed by atoms with Crippen LogP contribution in [-0.4, -0.2) is 25.8 Å². The fraction of sp³-hybridized carbons (Fsp3) is 0.429. The van der Waals surface area contributed by atoms with Crippen LogP contribution in [0.2, 0.25) is 0 Å². The number of nitrogens with zero attached hydrogens (tertiary/aromatic N) is 3. The van der Waals surface area contributed by atoms with Crippen LogP contribution in [0.1, 0.15) is 99.3 Å². The van der Waals surface area contributed by atoms with Gasteiger partial charge in [-0.1, -0.05) is 91.5 Å². The van der Waals surface area contributed by atoms with E-state index in [9.17, 15) is 9.90 Å². The summed E-state index contributed by atoms with van der Waals surface area (Å²) < 4.78 is 6.09. The summed E-state index contributed by atoms with van der Waals surface area (Å²) in [5.74, 6) is 1.80. The fourth-order valence-electron chi connectivity index (χ4n) is 6.03. The molecule has 0 fully saturated rings. The summed E-state index contributed by atoms with van der Waals surface area (Å²) in [6, 6.07) is 22.1. The van der Waals surface area contributed by atoms with Gasteiger partial charge in [0.2, 0.25) is 0 Å². The van der Waals surface area contributed by atoms with Crippen molar-refractivity contribution in [3.8, 4) is 22.7 Å². The van der Waals surface area contributed by atoms with Crippen LogP contribution in [0.15, 0.2) is 77.2 Å². The van der Waals surface area contributed by atoms with Gasteiger partial charge in [-0.3, -0.25) is 9.78 Å². The Hall–Kier alpha value is -3.67. The normalized spacial score (nSPS) is 12.0. The Bertz CT molecular complexity index is 1860. The number of benzene rings is 2. The van der Waals surface area contributed by atoms with E-state index in [1.807, 2.05) is 52.0 Å². The smallest absolute Gasteiger partial charge is 0.162 e. The number of aromatic nitrogens is 3. The molecule has 7 heteroatoms. The first-order chi connectivity index (χ1) is 22.9. The van der Waals surface area contributed by atoms with E-state index in [2.05, 4.69) is 81.0 Å². The van der Waals surface area contributed by atoms with Gasteiger partial charge in [-0.15, -0.1) is 29.1 Å². The van der Waals surface area contributed by atoms with E-state index in [0.29, 0.717) is 11.7 Å². The van der Waals surface area contributed by atoms with Crippen LogP contribution in [-0.2, 0) is 36.7 Å². The Morgan fingerprint density at radius 2 is 1.55 bits per heavy atom. The van der Waals surface area contributed by atoms with Gasteiger partial charge in [0, 0.05) is 55.5 Å². The summed E-state index contributed by atoms with van der Waals surface area (Å²) in [6.07, 6.45) is 7.45. The van der Waals surface area contributed by atoms with E-state index in [0.717, 1.165) is 71.2 Å². The SMILES string of the molecule is CC(C)Cc1ccc2oc(-c3cc(-c4[c-]c5ccccc5c(C(C)(C)C)c4)ncn3)cc2n1.CCC(CC)C(=O)/C=C(\O)C(CC)CC.[Ir]. The van der Waals surface area contributed by atoms with Gasteiger partial charge < -0.3 is 9.52 Å². The van der Waals surface area contributed by atoms with Crippen molar-refractivity contribution in [3.63, 3.8) is 0 Å². The Kier molecular flexibility index (Phi) is 14.5. The van der Waals surface area contributed by atoms with Crippen molar-refractivity contribution in [1.29, 1.82) is 0 Å². The minimum absolute atomic E-state index is 0. The molecule has 0 aliphatic carbocycles. The van der Waals surface area contributed by atoms with E-state index in [1.165, 1.54) is 17.0 Å². The van der Waals surface area contributed by atoms with Gasteiger partial charge in [-0.05, 0) is 61.6 Å². The molecule has 6 nitrogen and oxygen atoms in total. The molecule has 0 spiro atoms. The van der Waals surface area contributed by atoms with Crippen LogP contribution in [0.5, 0.6) is 0 Å². The molecular weight excluding hydrogens is 787 g/mol. The van der Waals surface area contributed by atoms with E-state index >= 15 is 0 Å². The van der Waals surface area contributed by atoms with Crippen LogP contribution in [0.4, 0.5) is 0 Å². The summed E-state index contributed by atoms with van der Waals surface area (Å²) in [5, 5.41) is 12.1. The maximum absolute atomic E-state index is 11.7. The van der Waals surface area contributed by atoms with E-state index in [4.69, 9.17) is 9.40 Å². The number of allylic oxidation sites excluding steroid dienone is 2. The molecule has 0 atom stereocenters. The van der Waals surface area contributed by atoms with Gasteiger partial charge in [-0.25, -0.2) is 9.97 Å². The van der Waals surface area contributed by atoms with Crippen LogP contribution >= 0.6 is 0 Å². The van der Waals surface area contributed by atoms with E-state index in [-0.39, 0.29) is 48.9 Å².